The SMILES string of the molecule is O=C(CN1CCN(c2cnc(-c3ccc4c(c3)OCCO4)cn2)CC1)N1CCN(C2CCC2)CC1. The van der Waals surface area contributed by atoms with E-state index in [1.54, 1.807) is 0 Å². The number of hydrogen-bond acceptors (Lipinski definition) is 8. The summed E-state index contributed by atoms with van der Waals surface area (Å²) in [4.78, 5) is 31.3. The highest BCUT2D eigenvalue weighted by molar-refractivity contribution is 5.78. The summed E-state index contributed by atoms with van der Waals surface area (Å²) in [5.41, 5.74) is 1.78. The molecule has 3 fully saturated rings. The third kappa shape index (κ3) is 4.92. The topological polar surface area (TPSA) is 74.3 Å². The predicted molar refractivity (Wildman–Crippen MR) is 133 cm³/mol. The molecule has 6 rings (SSSR count). The average molecular weight is 479 g/mol. The third-order valence-electron chi connectivity index (χ3n) is 7.79. The minimum atomic E-state index is 0.273. The van der Waals surface area contributed by atoms with Gasteiger partial charge in [0.25, 0.3) is 0 Å². The molecule has 1 aromatic carbocycles. The van der Waals surface area contributed by atoms with E-state index in [4.69, 9.17) is 9.47 Å². The fraction of sp³-hybridized carbons (Fsp3) is 0.577. The van der Waals surface area contributed by atoms with E-state index in [1.165, 1.54) is 19.3 Å². The molecule has 4 heterocycles. The van der Waals surface area contributed by atoms with Crippen molar-refractivity contribution in [2.75, 3.05) is 77.0 Å². The summed E-state index contributed by atoms with van der Waals surface area (Å²) in [6.07, 6.45) is 7.70. The quantitative estimate of drug-likeness (QED) is 0.644. The summed E-state index contributed by atoms with van der Waals surface area (Å²) >= 11 is 0. The Balaban J connectivity index is 0.984. The summed E-state index contributed by atoms with van der Waals surface area (Å²) in [6.45, 7) is 8.90. The minimum Gasteiger partial charge on any atom is -0.486 e. The first-order valence-corrected chi connectivity index (χ1v) is 12.9. The largest absolute Gasteiger partial charge is 0.486 e. The smallest absolute Gasteiger partial charge is 0.236 e. The van der Waals surface area contributed by atoms with Crippen molar-refractivity contribution >= 4 is 11.7 Å². The standard InChI is InChI=1S/C26H34N6O3/c33-26(32-12-10-30(11-13-32)21-2-1-3-21)19-29-6-8-31(9-7-29)25-18-27-22(17-28-25)20-4-5-23-24(16-20)35-15-14-34-23/h4-5,16-18,21H,1-3,6-15,19H2. The number of piperazine rings is 2. The third-order valence-corrected chi connectivity index (χ3v) is 7.79. The zero-order chi connectivity index (χ0) is 23.6. The molecule has 9 nitrogen and oxygen atoms in total. The van der Waals surface area contributed by atoms with Crippen LogP contribution in [0.2, 0.25) is 0 Å². The predicted octanol–water partition coefficient (Wildman–Crippen LogP) is 1.73. The molecule has 1 aromatic heterocycles. The van der Waals surface area contributed by atoms with Crippen molar-refractivity contribution in [2.24, 2.45) is 0 Å². The molecular formula is C26H34N6O3. The second-order valence-electron chi connectivity index (χ2n) is 9.88. The second-order valence-corrected chi connectivity index (χ2v) is 9.88. The monoisotopic (exact) mass is 478 g/mol. The maximum atomic E-state index is 12.9. The highest BCUT2D eigenvalue weighted by Gasteiger charge is 2.30. The molecule has 0 radical (unpaired) electrons. The maximum Gasteiger partial charge on any atom is 0.236 e. The van der Waals surface area contributed by atoms with Gasteiger partial charge in [0.15, 0.2) is 11.5 Å². The molecule has 0 N–H and O–H groups in total. The van der Waals surface area contributed by atoms with Crippen LogP contribution in [0.1, 0.15) is 19.3 Å². The van der Waals surface area contributed by atoms with Crippen LogP contribution in [0.4, 0.5) is 5.82 Å². The van der Waals surface area contributed by atoms with Crippen molar-refractivity contribution in [1.82, 2.24) is 24.7 Å². The molecule has 4 aliphatic rings. The molecule has 0 unspecified atom stereocenters. The molecule has 3 aliphatic heterocycles. The maximum absolute atomic E-state index is 12.9. The van der Waals surface area contributed by atoms with Gasteiger partial charge in [0.1, 0.15) is 19.0 Å². The van der Waals surface area contributed by atoms with Crippen molar-refractivity contribution in [3.05, 3.63) is 30.6 Å². The Bertz CT molecular complexity index is 1030. The van der Waals surface area contributed by atoms with Crippen LogP contribution in [0.15, 0.2) is 30.6 Å². The first kappa shape index (κ1) is 22.5. The van der Waals surface area contributed by atoms with Gasteiger partial charge in [-0.1, -0.05) is 6.42 Å². The van der Waals surface area contributed by atoms with E-state index in [-0.39, 0.29) is 5.91 Å². The lowest BCUT2D eigenvalue weighted by molar-refractivity contribution is -0.134. The van der Waals surface area contributed by atoms with Crippen LogP contribution in [0.25, 0.3) is 11.3 Å². The fourth-order valence-corrected chi connectivity index (χ4v) is 5.35. The Morgan fingerprint density at radius 1 is 0.886 bits per heavy atom. The fourth-order valence-electron chi connectivity index (χ4n) is 5.35. The summed E-state index contributed by atoms with van der Waals surface area (Å²) in [6, 6.07) is 6.65. The minimum absolute atomic E-state index is 0.273. The summed E-state index contributed by atoms with van der Waals surface area (Å²) in [7, 11) is 0. The zero-order valence-electron chi connectivity index (χ0n) is 20.3. The van der Waals surface area contributed by atoms with Gasteiger partial charge in [0, 0.05) is 64.0 Å². The highest BCUT2D eigenvalue weighted by Crippen LogP contribution is 2.34. The van der Waals surface area contributed by atoms with Crippen LogP contribution in [0.5, 0.6) is 11.5 Å². The molecule has 0 spiro atoms. The molecule has 0 bridgehead atoms. The van der Waals surface area contributed by atoms with Gasteiger partial charge >= 0.3 is 0 Å². The van der Waals surface area contributed by atoms with Crippen LogP contribution in [0.3, 0.4) is 0 Å². The number of nitrogens with zero attached hydrogens (tertiary/aromatic N) is 6. The Morgan fingerprint density at radius 2 is 1.66 bits per heavy atom. The van der Waals surface area contributed by atoms with Crippen molar-refractivity contribution in [2.45, 2.75) is 25.3 Å². The van der Waals surface area contributed by atoms with Gasteiger partial charge in [0.05, 0.1) is 24.6 Å². The van der Waals surface area contributed by atoms with Crippen LogP contribution in [0, 0.1) is 0 Å². The van der Waals surface area contributed by atoms with Gasteiger partial charge in [-0.25, -0.2) is 4.98 Å². The Labute approximate surface area is 206 Å². The first-order chi connectivity index (χ1) is 17.2. The number of amides is 1. The highest BCUT2D eigenvalue weighted by atomic mass is 16.6. The van der Waals surface area contributed by atoms with Gasteiger partial charge in [-0.2, -0.15) is 0 Å². The van der Waals surface area contributed by atoms with Crippen LogP contribution < -0.4 is 14.4 Å². The lowest BCUT2D eigenvalue weighted by atomic mass is 9.91. The van der Waals surface area contributed by atoms with Crippen LogP contribution in [-0.4, -0.2) is 109 Å². The second kappa shape index (κ2) is 9.99. The van der Waals surface area contributed by atoms with Crippen molar-refractivity contribution in [3.8, 4) is 22.8 Å². The number of carbonyl (C=O) groups is 1. The average Bonchev–Trinajstić information content (AvgIpc) is 2.88. The molecule has 0 atom stereocenters. The number of benzene rings is 1. The lowest BCUT2D eigenvalue weighted by Gasteiger charge is -2.43. The Hall–Kier alpha value is -2.91. The number of anilines is 1. The van der Waals surface area contributed by atoms with E-state index in [0.29, 0.717) is 19.8 Å². The first-order valence-electron chi connectivity index (χ1n) is 12.9. The molecule has 1 saturated carbocycles. The summed E-state index contributed by atoms with van der Waals surface area (Å²) < 4.78 is 11.3. The molecular weight excluding hydrogens is 444 g/mol. The number of hydrogen-bond donors (Lipinski definition) is 0. The van der Waals surface area contributed by atoms with Gasteiger partial charge in [-0.3, -0.25) is 19.6 Å². The number of carbonyl (C=O) groups excluding carboxylic acids is 1. The van der Waals surface area contributed by atoms with E-state index >= 15 is 0 Å². The van der Waals surface area contributed by atoms with E-state index < -0.39 is 0 Å². The summed E-state index contributed by atoms with van der Waals surface area (Å²) in [5.74, 6) is 2.68. The van der Waals surface area contributed by atoms with Gasteiger partial charge in [-0.05, 0) is 31.0 Å². The van der Waals surface area contributed by atoms with Gasteiger partial charge in [0.2, 0.25) is 5.91 Å². The van der Waals surface area contributed by atoms with E-state index in [2.05, 4.69) is 29.6 Å². The number of aromatic nitrogens is 2. The molecule has 2 aromatic rings. The van der Waals surface area contributed by atoms with E-state index in [0.717, 1.165) is 87.0 Å². The van der Waals surface area contributed by atoms with Crippen molar-refractivity contribution in [3.63, 3.8) is 0 Å². The van der Waals surface area contributed by atoms with Crippen molar-refractivity contribution < 1.29 is 14.3 Å². The Morgan fingerprint density at radius 3 is 2.34 bits per heavy atom. The lowest BCUT2D eigenvalue weighted by Crippen LogP contribution is -2.56. The van der Waals surface area contributed by atoms with Gasteiger partial charge < -0.3 is 19.3 Å². The number of rotatable bonds is 5. The number of ether oxygens (including phenoxy) is 2. The molecule has 186 valence electrons. The molecule has 2 saturated heterocycles. The Kier molecular flexibility index (Phi) is 6.43. The molecule has 1 aliphatic carbocycles. The van der Waals surface area contributed by atoms with E-state index in [1.807, 2.05) is 30.6 Å². The molecule has 1 amide bonds. The normalized spacial score (nSPS) is 21.6. The molecule has 35 heavy (non-hydrogen) atoms. The zero-order valence-corrected chi connectivity index (χ0v) is 20.3. The molecule has 9 heteroatoms. The van der Waals surface area contributed by atoms with Crippen LogP contribution in [-0.2, 0) is 4.79 Å². The number of fused-ring (bicyclic) bond motifs is 1. The van der Waals surface area contributed by atoms with Gasteiger partial charge in [-0.15, -0.1) is 0 Å². The van der Waals surface area contributed by atoms with Crippen LogP contribution >= 0.6 is 0 Å². The van der Waals surface area contributed by atoms with Crippen molar-refractivity contribution in [1.29, 1.82) is 0 Å². The summed E-state index contributed by atoms with van der Waals surface area (Å²) in [5, 5.41) is 0. The van der Waals surface area contributed by atoms with E-state index in [9.17, 15) is 4.79 Å².